The topological polar surface area (TPSA) is 6.48 Å². The number of nitrogens with zero attached hydrogens (tertiary/aromatic N) is 2. The molecule has 2 rings (SSSR count). The van der Waals surface area contributed by atoms with Crippen LogP contribution < -0.4 is 4.90 Å². The summed E-state index contributed by atoms with van der Waals surface area (Å²) in [7, 11) is 2.21. The third-order valence-electron chi connectivity index (χ3n) is 3.92. The second-order valence-corrected chi connectivity index (χ2v) is 5.16. The maximum atomic E-state index is 2.54. The van der Waals surface area contributed by atoms with Gasteiger partial charge in [0, 0.05) is 31.9 Å². The standard InChI is InChI=1S/C15H24N2/c1-4-13(2)14-7-5-6-8-15(14)17-11-9-16(3)10-12-17/h5-8,13H,4,9-12H2,1-3H3. The minimum Gasteiger partial charge on any atom is -0.369 e. The number of hydrogen-bond acceptors (Lipinski definition) is 2. The van der Waals surface area contributed by atoms with Crippen LogP contribution in [0.2, 0.25) is 0 Å². The van der Waals surface area contributed by atoms with E-state index in [4.69, 9.17) is 0 Å². The fourth-order valence-electron chi connectivity index (χ4n) is 2.46. The van der Waals surface area contributed by atoms with Gasteiger partial charge in [0.25, 0.3) is 0 Å². The lowest BCUT2D eigenvalue weighted by Gasteiger charge is -2.35. The smallest absolute Gasteiger partial charge is 0.0402 e. The van der Waals surface area contributed by atoms with Crippen molar-refractivity contribution in [3.05, 3.63) is 29.8 Å². The van der Waals surface area contributed by atoms with E-state index in [-0.39, 0.29) is 0 Å². The third-order valence-corrected chi connectivity index (χ3v) is 3.92. The highest BCUT2D eigenvalue weighted by atomic mass is 15.2. The number of piperazine rings is 1. The van der Waals surface area contributed by atoms with Gasteiger partial charge in [-0.05, 0) is 31.0 Å². The molecule has 1 aromatic rings. The first-order valence-corrected chi connectivity index (χ1v) is 6.74. The van der Waals surface area contributed by atoms with E-state index in [1.807, 2.05) is 0 Å². The van der Waals surface area contributed by atoms with Gasteiger partial charge in [-0.3, -0.25) is 0 Å². The molecule has 17 heavy (non-hydrogen) atoms. The summed E-state index contributed by atoms with van der Waals surface area (Å²) in [4.78, 5) is 4.95. The lowest BCUT2D eigenvalue weighted by Crippen LogP contribution is -2.44. The van der Waals surface area contributed by atoms with Crippen molar-refractivity contribution in [2.45, 2.75) is 26.2 Å². The van der Waals surface area contributed by atoms with Crippen LogP contribution in [-0.4, -0.2) is 38.1 Å². The molecule has 2 heteroatoms. The van der Waals surface area contributed by atoms with Gasteiger partial charge >= 0.3 is 0 Å². The highest BCUT2D eigenvalue weighted by molar-refractivity contribution is 5.55. The predicted octanol–water partition coefficient (Wildman–Crippen LogP) is 2.95. The fraction of sp³-hybridized carbons (Fsp3) is 0.600. The summed E-state index contributed by atoms with van der Waals surface area (Å²) in [5.74, 6) is 0.658. The molecule has 0 spiro atoms. The van der Waals surface area contributed by atoms with Crippen molar-refractivity contribution in [1.82, 2.24) is 4.90 Å². The molecular weight excluding hydrogens is 208 g/mol. The number of anilines is 1. The van der Waals surface area contributed by atoms with Gasteiger partial charge in [0.15, 0.2) is 0 Å². The van der Waals surface area contributed by atoms with Gasteiger partial charge < -0.3 is 9.80 Å². The van der Waals surface area contributed by atoms with Gasteiger partial charge in [0.1, 0.15) is 0 Å². The Bertz CT molecular complexity index is 354. The highest BCUT2D eigenvalue weighted by Crippen LogP contribution is 2.29. The monoisotopic (exact) mass is 232 g/mol. The van der Waals surface area contributed by atoms with Crippen LogP contribution in [0.15, 0.2) is 24.3 Å². The molecule has 0 aromatic heterocycles. The van der Waals surface area contributed by atoms with Crippen molar-refractivity contribution < 1.29 is 0 Å². The average Bonchev–Trinajstić information content (AvgIpc) is 2.39. The fourth-order valence-corrected chi connectivity index (χ4v) is 2.46. The van der Waals surface area contributed by atoms with Crippen molar-refractivity contribution in [3.8, 4) is 0 Å². The zero-order chi connectivity index (χ0) is 12.3. The minimum atomic E-state index is 0.658. The summed E-state index contributed by atoms with van der Waals surface area (Å²) in [6, 6.07) is 8.91. The number of para-hydroxylation sites is 1. The van der Waals surface area contributed by atoms with Crippen molar-refractivity contribution in [2.75, 3.05) is 38.1 Å². The molecule has 0 radical (unpaired) electrons. The molecular formula is C15H24N2. The van der Waals surface area contributed by atoms with E-state index < -0.39 is 0 Å². The molecule has 1 heterocycles. The molecule has 0 saturated carbocycles. The first-order chi connectivity index (χ1) is 8.22. The first kappa shape index (κ1) is 12.4. The van der Waals surface area contributed by atoms with Gasteiger partial charge in [0.05, 0.1) is 0 Å². The highest BCUT2D eigenvalue weighted by Gasteiger charge is 2.18. The van der Waals surface area contributed by atoms with E-state index >= 15 is 0 Å². The molecule has 1 saturated heterocycles. The molecule has 1 fully saturated rings. The molecule has 0 amide bonds. The summed E-state index contributed by atoms with van der Waals surface area (Å²) in [5.41, 5.74) is 2.97. The largest absolute Gasteiger partial charge is 0.369 e. The molecule has 2 nitrogen and oxygen atoms in total. The van der Waals surface area contributed by atoms with E-state index in [1.165, 1.54) is 30.8 Å². The number of hydrogen-bond donors (Lipinski definition) is 0. The Labute approximate surface area is 105 Å². The van der Waals surface area contributed by atoms with Crippen LogP contribution in [0.5, 0.6) is 0 Å². The summed E-state index contributed by atoms with van der Waals surface area (Å²) in [6.07, 6.45) is 1.21. The third kappa shape index (κ3) is 2.81. The Kier molecular flexibility index (Phi) is 4.06. The number of benzene rings is 1. The van der Waals surface area contributed by atoms with Crippen LogP contribution in [0.25, 0.3) is 0 Å². The summed E-state index contributed by atoms with van der Waals surface area (Å²) in [6.45, 7) is 9.26. The van der Waals surface area contributed by atoms with Gasteiger partial charge in [-0.2, -0.15) is 0 Å². The predicted molar refractivity (Wildman–Crippen MR) is 74.9 cm³/mol. The Morgan fingerprint density at radius 2 is 1.76 bits per heavy atom. The molecule has 0 aliphatic carbocycles. The molecule has 94 valence electrons. The van der Waals surface area contributed by atoms with Crippen LogP contribution in [0, 0.1) is 0 Å². The van der Waals surface area contributed by atoms with Crippen LogP contribution in [0.1, 0.15) is 31.7 Å². The molecule has 0 bridgehead atoms. The number of rotatable bonds is 3. The van der Waals surface area contributed by atoms with Gasteiger partial charge in [-0.15, -0.1) is 0 Å². The van der Waals surface area contributed by atoms with Crippen LogP contribution in [0.3, 0.4) is 0 Å². The molecule has 1 aromatic carbocycles. The zero-order valence-electron chi connectivity index (χ0n) is 11.3. The SMILES string of the molecule is CCC(C)c1ccccc1N1CCN(C)CC1. The molecule has 1 aliphatic rings. The zero-order valence-corrected chi connectivity index (χ0v) is 11.3. The molecule has 1 atom stereocenters. The van der Waals surface area contributed by atoms with Crippen LogP contribution in [-0.2, 0) is 0 Å². The van der Waals surface area contributed by atoms with Gasteiger partial charge in [0.2, 0.25) is 0 Å². The minimum absolute atomic E-state index is 0.658. The van der Waals surface area contributed by atoms with Gasteiger partial charge in [-0.1, -0.05) is 32.0 Å². The summed E-state index contributed by atoms with van der Waals surface area (Å²) in [5, 5.41) is 0. The van der Waals surface area contributed by atoms with Crippen LogP contribution >= 0.6 is 0 Å². The van der Waals surface area contributed by atoms with Crippen molar-refractivity contribution in [2.24, 2.45) is 0 Å². The maximum Gasteiger partial charge on any atom is 0.0402 e. The van der Waals surface area contributed by atoms with Crippen molar-refractivity contribution >= 4 is 5.69 Å². The Hall–Kier alpha value is -1.02. The van der Waals surface area contributed by atoms with E-state index in [0.717, 1.165) is 13.1 Å². The number of likely N-dealkylation sites (N-methyl/N-ethyl adjacent to an activating group) is 1. The van der Waals surface area contributed by atoms with E-state index in [2.05, 4.69) is 55.0 Å². The second kappa shape index (κ2) is 5.54. The average molecular weight is 232 g/mol. The molecule has 1 aliphatic heterocycles. The van der Waals surface area contributed by atoms with E-state index in [9.17, 15) is 0 Å². The van der Waals surface area contributed by atoms with E-state index in [1.54, 1.807) is 0 Å². The molecule has 0 N–H and O–H groups in total. The molecule has 1 unspecified atom stereocenters. The first-order valence-electron chi connectivity index (χ1n) is 6.74. The van der Waals surface area contributed by atoms with E-state index in [0.29, 0.717) is 5.92 Å². The maximum absolute atomic E-state index is 2.54. The van der Waals surface area contributed by atoms with Crippen molar-refractivity contribution in [1.29, 1.82) is 0 Å². The van der Waals surface area contributed by atoms with Crippen molar-refractivity contribution in [3.63, 3.8) is 0 Å². The Balaban J connectivity index is 2.19. The van der Waals surface area contributed by atoms with Crippen LogP contribution in [0.4, 0.5) is 5.69 Å². The Morgan fingerprint density at radius 1 is 1.12 bits per heavy atom. The summed E-state index contributed by atoms with van der Waals surface area (Å²) < 4.78 is 0. The Morgan fingerprint density at radius 3 is 2.41 bits per heavy atom. The lowest BCUT2D eigenvalue weighted by molar-refractivity contribution is 0.312. The second-order valence-electron chi connectivity index (χ2n) is 5.16. The van der Waals surface area contributed by atoms with Gasteiger partial charge in [-0.25, -0.2) is 0 Å². The lowest BCUT2D eigenvalue weighted by atomic mass is 9.96. The quantitative estimate of drug-likeness (QED) is 0.790. The summed E-state index contributed by atoms with van der Waals surface area (Å²) >= 11 is 0. The normalized spacial score (nSPS) is 19.4.